The highest BCUT2D eigenvalue weighted by Crippen LogP contribution is 2.13. The number of aliphatic carboxylic acids is 1. The molecule has 7 nitrogen and oxygen atoms in total. The number of carboxylic acid groups (broad SMARTS) is 1. The predicted octanol–water partition coefficient (Wildman–Crippen LogP) is 1.73. The Hall–Kier alpha value is -2.83. The molecule has 0 fully saturated rings. The molecular formula is C17H21N3O4. The molecule has 1 aromatic heterocycles. The zero-order valence-electron chi connectivity index (χ0n) is 14.0. The minimum atomic E-state index is -0.926. The largest absolute Gasteiger partial charge is 0.497 e. The fourth-order valence-electron chi connectivity index (χ4n) is 2.27. The number of nitrogens with zero attached hydrogens (tertiary/aromatic N) is 3. The number of ether oxygens (including phenoxy) is 1. The van der Waals surface area contributed by atoms with Crippen LogP contribution in [0.1, 0.15) is 22.8 Å². The van der Waals surface area contributed by atoms with E-state index in [9.17, 15) is 9.59 Å². The van der Waals surface area contributed by atoms with Crippen molar-refractivity contribution in [3.63, 3.8) is 0 Å². The van der Waals surface area contributed by atoms with Crippen LogP contribution in [-0.4, -0.2) is 52.4 Å². The molecule has 0 saturated carbocycles. The summed E-state index contributed by atoms with van der Waals surface area (Å²) in [6.07, 6.45) is 3.16. The normalized spacial score (nSPS) is 11.8. The molecule has 0 aliphatic rings. The molecule has 0 saturated heterocycles. The summed E-state index contributed by atoms with van der Waals surface area (Å²) in [5, 5.41) is 13.1. The number of methoxy groups -OCH3 is 1. The average molecular weight is 331 g/mol. The molecule has 2 rings (SSSR count). The van der Waals surface area contributed by atoms with Crippen molar-refractivity contribution in [2.24, 2.45) is 5.92 Å². The van der Waals surface area contributed by atoms with E-state index in [1.54, 1.807) is 32.0 Å². The fraction of sp³-hybridized carbons (Fsp3) is 0.353. The van der Waals surface area contributed by atoms with Gasteiger partial charge in [-0.1, -0.05) is 19.1 Å². The maximum absolute atomic E-state index is 12.3. The molecule has 1 amide bonds. The Morgan fingerprint density at radius 3 is 2.58 bits per heavy atom. The van der Waals surface area contributed by atoms with E-state index in [0.29, 0.717) is 12.1 Å². The van der Waals surface area contributed by atoms with Gasteiger partial charge in [0.05, 0.1) is 31.3 Å². The Morgan fingerprint density at radius 2 is 2.00 bits per heavy atom. The third-order valence-electron chi connectivity index (χ3n) is 3.70. The highest BCUT2D eigenvalue weighted by Gasteiger charge is 2.19. The second kappa shape index (κ2) is 7.63. The fourth-order valence-corrected chi connectivity index (χ4v) is 2.27. The first-order valence-electron chi connectivity index (χ1n) is 7.54. The van der Waals surface area contributed by atoms with Crippen LogP contribution >= 0.6 is 0 Å². The molecule has 0 aliphatic heterocycles. The van der Waals surface area contributed by atoms with Crippen LogP contribution in [0.5, 0.6) is 5.75 Å². The summed E-state index contributed by atoms with van der Waals surface area (Å²) < 4.78 is 6.79. The number of carbonyl (C=O) groups excluding carboxylic acids is 1. The summed E-state index contributed by atoms with van der Waals surface area (Å²) in [6.45, 7) is 2.25. The first-order chi connectivity index (χ1) is 11.4. The second-order valence-electron chi connectivity index (χ2n) is 5.70. The molecule has 1 aromatic carbocycles. The van der Waals surface area contributed by atoms with Crippen molar-refractivity contribution in [3.8, 4) is 5.75 Å². The monoisotopic (exact) mass is 331 g/mol. The Bertz CT molecular complexity index is 709. The quantitative estimate of drug-likeness (QED) is 0.835. The van der Waals surface area contributed by atoms with Gasteiger partial charge in [-0.2, -0.15) is 5.10 Å². The maximum atomic E-state index is 12.3. The van der Waals surface area contributed by atoms with Crippen LogP contribution in [0.25, 0.3) is 0 Å². The van der Waals surface area contributed by atoms with Gasteiger partial charge in [-0.25, -0.2) is 0 Å². The van der Waals surface area contributed by atoms with Gasteiger partial charge in [-0.3, -0.25) is 14.3 Å². The highest BCUT2D eigenvalue weighted by molar-refractivity contribution is 5.93. The number of rotatable bonds is 7. The van der Waals surface area contributed by atoms with E-state index >= 15 is 0 Å². The Labute approximate surface area is 140 Å². The topological polar surface area (TPSA) is 84.7 Å². The number of amides is 1. The lowest BCUT2D eigenvalue weighted by Crippen LogP contribution is -2.33. The summed E-state index contributed by atoms with van der Waals surface area (Å²) in [5.74, 6) is -1.01. The highest BCUT2D eigenvalue weighted by atomic mass is 16.5. The molecule has 7 heteroatoms. The van der Waals surface area contributed by atoms with Crippen LogP contribution < -0.4 is 4.74 Å². The third kappa shape index (κ3) is 4.34. The Morgan fingerprint density at radius 1 is 1.33 bits per heavy atom. The lowest BCUT2D eigenvalue weighted by molar-refractivity contribution is -0.141. The molecule has 128 valence electrons. The van der Waals surface area contributed by atoms with Crippen LogP contribution in [0.2, 0.25) is 0 Å². The lowest BCUT2D eigenvalue weighted by Gasteiger charge is -2.18. The smallest absolute Gasteiger partial charge is 0.308 e. The zero-order valence-corrected chi connectivity index (χ0v) is 14.0. The zero-order chi connectivity index (χ0) is 17.7. The predicted molar refractivity (Wildman–Crippen MR) is 88.1 cm³/mol. The van der Waals surface area contributed by atoms with Gasteiger partial charge < -0.3 is 14.7 Å². The number of carboxylic acids is 1. The Kier molecular flexibility index (Phi) is 5.57. The molecule has 1 unspecified atom stereocenters. The van der Waals surface area contributed by atoms with E-state index in [4.69, 9.17) is 9.84 Å². The number of hydrogen-bond acceptors (Lipinski definition) is 4. The van der Waals surface area contributed by atoms with Crippen molar-refractivity contribution in [2.45, 2.75) is 13.5 Å². The van der Waals surface area contributed by atoms with Gasteiger partial charge in [0.1, 0.15) is 5.75 Å². The van der Waals surface area contributed by atoms with Gasteiger partial charge in [0.2, 0.25) is 0 Å². The molecule has 0 radical (unpaired) electrons. The first kappa shape index (κ1) is 17.5. The number of benzene rings is 1. The van der Waals surface area contributed by atoms with Crippen LogP contribution in [-0.2, 0) is 11.3 Å². The summed E-state index contributed by atoms with van der Waals surface area (Å²) in [7, 11) is 3.20. The minimum absolute atomic E-state index is 0.151. The van der Waals surface area contributed by atoms with Crippen molar-refractivity contribution >= 4 is 11.9 Å². The van der Waals surface area contributed by atoms with Crippen LogP contribution in [0.15, 0.2) is 36.7 Å². The van der Waals surface area contributed by atoms with Crippen molar-refractivity contribution in [3.05, 3.63) is 47.8 Å². The molecule has 0 aliphatic carbocycles. The van der Waals surface area contributed by atoms with E-state index in [1.165, 1.54) is 11.1 Å². The average Bonchev–Trinajstić information content (AvgIpc) is 3.03. The van der Waals surface area contributed by atoms with E-state index in [0.717, 1.165) is 11.3 Å². The van der Waals surface area contributed by atoms with Gasteiger partial charge in [0.25, 0.3) is 5.91 Å². The number of aromatic nitrogens is 2. The van der Waals surface area contributed by atoms with Crippen molar-refractivity contribution in [1.29, 1.82) is 0 Å². The van der Waals surface area contributed by atoms with Gasteiger partial charge in [0, 0.05) is 19.8 Å². The van der Waals surface area contributed by atoms with Crippen molar-refractivity contribution in [1.82, 2.24) is 14.7 Å². The van der Waals surface area contributed by atoms with E-state index in [-0.39, 0.29) is 12.5 Å². The lowest BCUT2D eigenvalue weighted by atomic mass is 10.1. The second-order valence-corrected chi connectivity index (χ2v) is 5.70. The molecule has 0 spiro atoms. The third-order valence-corrected chi connectivity index (χ3v) is 3.70. The van der Waals surface area contributed by atoms with Crippen molar-refractivity contribution < 1.29 is 19.4 Å². The minimum Gasteiger partial charge on any atom is -0.497 e. The van der Waals surface area contributed by atoms with Crippen LogP contribution in [0.4, 0.5) is 0 Å². The number of carbonyl (C=O) groups is 2. The molecule has 1 heterocycles. The summed E-state index contributed by atoms with van der Waals surface area (Å²) in [6, 6.07) is 7.60. The molecule has 2 aromatic rings. The SMILES string of the molecule is COc1ccc(Cn2cc(C(=O)N(C)CC(C)C(=O)O)cn2)cc1. The maximum Gasteiger partial charge on any atom is 0.308 e. The van der Waals surface area contributed by atoms with E-state index in [2.05, 4.69) is 5.10 Å². The molecule has 1 atom stereocenters. The van der Waals surface area contributed by atoms with Gasteiger partial charge >= 0.3 is 5.97 Å². The number of hydrogen-bond donors (Lipinski definition) is 1. The first-order valence-corrected chi connectivity index (χ1v) is 7.54. The molecular weight excluding hydrogens is 310 g/mol. The molecule has 1 N–H and O–H groups in total. The van der Waals surface area contributed by atoms with Crippen LogP contribution in [0, 0.1) is 5.92 Å². The summed E-state index contributed by atoms with van der Waals surface area (Å²) in [5.41, 5.74) is 1.47. The van der Waals surface area contributed by atoms with E-state index < -0.39 is 11.9 Å². The summed E-state index contributed by atoms with van der Waals surface area (Å²) >= 11 is 0. The Balaban J connectivity index is 2.01. The molecule has 0 bridgehead atoms. The van der Waals surface area contributed by atoms with Gasteiger partial charge in [-0.05, 0) is 17.7 Å². The van der Waals surface area contributed by atoms with Gasteiger partial charge in [0.15, 0.2) is 0 Å². The molecule has 24 heavy (non-hydrogen) atoms. The van der Waals surface area contributed by atoms with Gasteiger partial charge in [-0.15, -0.1) is 0 Å². The standard InChI is InChI=1S/C17H21N3O4/c1-12(17(22)23)9-19(2)16(21)14-8-18-20(11-14)10-13-4-6-15(24-3)7-5-13/h4-8,11-12H,9-10H2,1-3H3,(H,22,23). The van der Waals surface area contributed by atoms with E-state index in [1.807, 2.05) is 24.3 Å². The summed E-state index contributed by atoms with van der Waals surface area (Å²) in [4.78, 5) is 24.6. The van der Waals surface area contributed by atoms with Crippen LogP contribution in [0.3, 0.4) is 0 Å². The van der Waals surface area contributed by atoms with Crippen molar-refractivity contribution in [2.75, 3.05) is 20.7 Å².